The Balaban J connectivity index is 2.03. The summed E-state index contributed by atoms with van der Waals surface area (Å²) < 4.78 is 0. The third kappa shape index (κ3) is 5.61. The molecule has 2 rings (SSSR count). The molecule has 1 aromatic rings. The first kappa shape index (κ1) is 21.5. The first-order valence-corrected chi connectivity index (χ1v) is 10.5. The molecule has 0 heterocycles. The highest BCUT2D eigenvalue weighted by molar-refractivity contribution is 6.42. The molecule has 1 saturated carbocycles. The minimum Gasteiger partial charge on any atom is -0.481 e. The van der Waals surface area contributed by atoms with Crippen LogP contribution in [0.1, 0.15) is 70.8 Å². The summed E-state index contributed by atoms with van der Waals surface area (Å²) in [4.78, 5) is 10.6. The lowest BCUT2D eigenvalue weighted by Gasteiger charge is -2.49. The molecule has 0 bridgehead atoms. The Hall–Kier alpha value is -0.770. The molecule has 5 heteroatoms. The predicted octanol–water partition coefficient (Wildman–Crippen LogP) is 6.06. The lowest BCUT2D eigenvalue weighted by Crippen LogP contribution is -2.53. The maximum atomic E-state index is 10.6. The summed E-state index contributed by atoms with van der Waals surface area (Å²) in [5, 5.41) is 13.8. The monoisotopic (exact) mass is 399 g/mol. The highest BCUT2D eigenvalue weighted by atomic mass is 35.5. The second-order valence-corrected chi connectivity index (χ2v) is 8.79. The van der Waals surface area contributed by atoms with E-state index < -0.39 is 5.97 Å². The van der Waals surface area contributed by atoms with Gasteiger partial charge in [0.1, 0.15) is 0 Å². The van der Waals surface area contributed by atoms with Crippen molar-refractivity contribution < 1.29 is 9.90 Å². The van der Waals surface area contributed by atoms with Crippen LogP contribution in [0.5, 0.6) is 0 Å². The van der Waals surface area contributed by atoms with E-state index in [0.717, 1.165) is 32.2 Å². The Kier molecular flexibility index (Phi) is 8.25. The van der Waals surface area contributed by atoms with Crippen molar-refractivity contribution in [2.45, 2.75) is 76.7 Å². The zero-order chi connectivity index (χ0) is 19.2. The van der Waals surface area contributed by atoms with E-state index in [0.29, 0.717) is 22.0 Å². The topological polar surface area (TPSA) is 49.3 Å². The van der Waals surface area contributed by atoms with Gasteiger partial charge in [0, 0.05) is 17.9 Å². The quantitative estimate of drug-likeness (QED) is 0.444. The van der Waals surface area contributed by atoms with Gasteiger partial charge in [-0.1, -0.05) is 56.0 Å². The molecule has 2 N–H and O–H groups in total. The van der Waals surface area contributed by atoms with Gasteiger partial charge in [-0.15, -0.1) is 0 Å². The van der Waals surface area contributed by atoms with Gasteiger partial charge in [0.25, 0.3) is 0 Å². The van der Waals surface area contributed by atoms with Crippen LogP contribution in [0.4, 0.5) is 0 Å². The van der Waals surface area contributed by atoms with Crippen LogP contribution in [0.25, 0.3) is 0 Å². The van der Waals surface area contributed by atoms with Crippen molar-refractivity contribution >= 4 is 29.2 Å². The SMILES string of the molecule is CC(C)CC(NCCCCCC(=O)O)C1(c2ccc(Cl)c(Cl)c2)CCC1. The fourth-order valence-corrected chi connectivity index (χ4v) is 4.33. The molecule has 146 valence electrons. The number of carboxylic acids is 1. The minimum atomic E-state index is -0.705. The Morgan fingerprint density at radius 3 is 2.46 bits per heavy atom. The summed E-state index contributed by atoms with van der Waals surface area (Å²) >= 11 is 12.4. The summed E-state index contributed by atoms with van der Waals surface area (Å²) in [6, 6.07) is 6.51. The van der Waals surface area contributed by atoms with Gasteiger partial charge in [-0.25, -0.2) is 0 Å². The van der Waals surface area contributed by atoms with E-state index in [4.69, 9.17) is 28.3 Å². The molecular formula is C21H31Cl2NO2. The van der Waals surface area contributed by atoms with Crippen LogP contribution in [0.15, 0.2) is 18.2 Å². The van der Waals surface area contributed by atoms with Gasteiger partial charge in [-0.3, -0.25) is 4.79 Å². The van der Waals surface area contributed by atoms with Crippen LogP contribution in [0.3, 0.4) is 0 Å². The third-order valence-electron chi connectivity index (χ3n) is 5.57. The highest BCUT2D eigenvalue weighted by Crippen LogP contribution is 2.49. The first-order valence-electron chi connectivity index (χ1n) is 9.76. The van der Waals surface area contributed by atoms with Crippen LogP contribution in [0, 0.1) is 5.92 Å². The second kappa shape index (κ2) is 9.96. The molecular weight excluding hydrogens is 369 g/mol. The largest absolute Gasteiger partial charge is 0.481 e. The maximum Gasteiger partial charge on any atom is 0.303 e. The van der Waals surface area contributed by atoms with Gasteiger partial charge < -0.3 is 10.4 Å². The fraction of sp³-hybridized carbons (Fsp3) is 0.667. The molecule has 1 atom stereocenters. The molecule has 0 amide bonds. The highest BCUT2D eigenvalue weighted by Gasteiger charge is 2.45. The Labute approximate surface area is 167 Å². The standard InChI is InChI=1S/C21H31Cl2NO2/c1-15(2)13-19(24-12-5-3-4-7-20(25)26)21(10-6-11-21)16-8-9-17(22)18(23)14-16/h8-9,14-15,19,24H,3-7,10-13H2,1-2H3,(H,25,26). The second-order valence-electron chi connectivity index (χ2n) is 7.98. The van der Waals surface area contributed by atoms with Gasteiger partial charge in [0.2, 0.25) is 0 Å². The van der Waals surface area contributed by atoms with Crippen LogP contribution in [-0.2, 0) is 10.2 Å². The van der Waals surface area contributed by atoms with Crippen LogP contribution in [-0.4, -0.2) is 23.7 Å². The smallest absolute Gasteiger partial charge is 0.303 e. The molecule has 26 heavy (non-hydrogen) atoms. The number of nitrogens with one attached hydrogen (secondary N) is 1. The van der Waals surface area contributed by atoms with Gasteiger partial charge in [-0.2, -0.15) is 0 Å². The number of hydrogen-bond acceptors (Lipinski definition) is 2. The van der Waals surface area contributed by atoms with E-state index in [1.807, 2.05) is 12.1 Å². The Morgan fingerprint density at radius 1 is 1.19 bits per heavy atom. The third-order valence-corrected chi connectivity index (χ3v) is 6.31. The number of carboxylic acid groups (broad SMARTS) is 1. The van der Waals surface area contributed by atoms with E-state index in [1.54, 1.807) is 0 Å². The van der Waals surface area contributed by atoms with E-state index >= 15 is 0 Å². The number of aliphatic carboxylic acids is 1. The van der Waals surface area contributed by atoms with Crippen molar-refractivity contribution in [2.75, 3.05) is 6.54 Å². The van der Waals surface area contributed by atoms with E-state index in [2.05, 4.69) is 25.2 Å². The van der Waals surface area contributed by atoms with E-state index in [9.17, 15) is 4.79 Å². The Bertz CT molecular complexity index is 600. The van der Waals surface area contributed by atoms with Gasteiger partial charge >= 0.3 is 5.97 Å². The van der Waals surface area contributed by atoms with Crippen molar-refractivity contribution in [1.29, 1.82) is 0 Å². The van der Waals surface area contributed by atoms with E-state index in [1.165, 1.54) is 24.8 Å². The molecule has 1 fully saturated rings. The zero-order valence-corrected chi connectivity index (χ0v) is 17.4. The molecule has 0 aromatic heterocycles. The van der Waals surface area contributed by atoms with Crippen molar-refractivity contribution in [3.8, 4) is 0 Å². The molecule has 1 aliphatic rings. The van der Waals surface area contributed by atoms with Gasteiger partial charge in [0.15, 0.2) is 0 Å². The summed E-state index contributed by atoms with van der Waals surface area (Å²) in [5.41, 5.74) is 1.43. The molecule has 3 nitrogen and oxygen atoms in total. The number of benzene rings is 1. The molecule has 0 spiro atoms. The number of carbonyl (C=O) groups is 1. The zero-order valence-electron chi connectivity index (χ0n) is 15.9. The van der Waals surface area contributed by atoms with Gasteiger partial charge in [0.05, 0.1) is 10.0 Å². The minimum absolute atomic E-state index is 0.138. The van der Waals surface area contributed by atoms with Crippen LogP contribution >= 0.6 is 23.2 Å². The average molecular weight is 400 g/mol. The predicted molar refractivity (Wildman–Crippen MR) is 109 cm³/mol. The summed E-state index contributed by atoms with van der Waals surface area (Å²) in [6.07, 6.45) is 7.70. The number of unbranched alkanes of at least 4 members (excludes halogenated alkanes) is 2. The number of hydrogen-bond donors (Lipinski definition) is 2. The van der Waals surface area contributed by atoms with Gasteiger partial charge in [-0.05, 0) is 62.3 Å². The molecule has 0 aliphatic heterocycles. The van der Waals surface area contributed by atoms with Crippen molar-refractivity contribution in [1.82, 2.24) is 5.32 Å². The Morgan fingerprint density at radius 2 is 1.92 bits per heavy atom. The summed E-state index contributed by atoms with van der Waals surface area (Å²) in [6.45, 7) is 5.46. The van der Waals surface area contributed by atoms with Crippen LogP contribution < -0.4 is 5.32 Å². The fourth-order valence-electron chi connectivity index (χ4n) is 4.03. The average Bonchev–Trinajstić information content (AvgIpc) is 2.52. The molecule has 1 unspecified atom stereocenters. The van der Waals surface area contributed by atoms with Crippen molar-refractivity contribution in [2.24, 2.45) is 5.92 Å². The normalized spacial score (nSPS) is 17.1. The number of halogens is 2. The molecule has 1 aliphatic carbocycles. The number of rotatable bonds is 11. The lowest BCUT2D eigenvalue weighted by atomic mass is 9.59. The summed E-state index contributed by atoms with van der Waals surface area (Å²) in [5.74, 6) is -0.0940. The lowest BCUT2D eigenvalue weighted by molar-refractivity contribution is -0.137. The van der Waals surface area contributed by atoms with Crippen molar-refractivity contribution in [3.05, 3.63) is 33.8 Å². The van der Waals surface area contributed by atoms with Crippen molar-refractivity contribution in [3.63, 3.8) is 0 Å². The first-order chi connectivity index (χ1) is 12.3. The maximum absolute atomic E-state index is 10.6. The molecule has 0 saturated heterocycles. The molecule has 0 radical (unpaired) electrons. The molecule has 1 aromatic carbocycles. The van der Waals surface area contributed by atoms with E-state index in [-0.39, 0.29) is 11.8 Å². The van der Waals surface area contributed by atoms with Crippen LogP contribution in [0.2, 0.25) is 10.0 Å². The summed E-state index contributed by atoms with van der Waals surface area (Å²) in [7, 11) is 0.